The van der Waals surface area contributed by atoms with E-state index in [1.165, 1.54) is 6.07 Å². The molecule has 0 saturated heterocycles. The van der Waals surface area contributed by atoms with Crippen molar-refractivity contribution in [1.82, 2.24) is 15.6 Å². The van der Waals surface area contributed by atoms with Gasteiger partial charge in [0.25, 0.3) is 0 Å². The van der Waals surface area contributed by atoms with E-state index in [1.54, 1.807) is 7.05 Å². The largest absolute Gasteiger partial charge is 0.363 e. The molecule has 25 heavy (non-hydrogen) atoms. The summed E-state index contributed by atoms with van der Waals surface area (Å²) in [6, 6.07) is 9.27. The van der Waals surface area contributed by atoms with Crippen LogP contribution in [-0.2, 0) is 13.0 Å². The number of aromatic nitrogens is 1. The van der Waals surface area contributed by atoms with Gasteiger partial charge in [0, 0.05) is 27.7 Å². The summed E-state index contributed by atoms with van der Waals surface area (Å²) in [6.45, 7) is 0.945. The molecule has 0 aliphatic carbocycles. The Morgan fingerprint density at radius 3 is 2.68 bits per heavy atom. The highest BCUT2D eigenvalue weighted by Crippen LogP contribution is 2.10. The van der Waals surface area contributed by atoms with Crippen molar-refractivity contribution in [3.05, 3.63) is 59.3 Å². The highest BCUT2D eigenvalue weighted by Gasteiger charge is 2.05. The third-order valence-electron chi connectivity index (χ3n) is 3.61. The summed E-state index contributed by atoms with van der Waals surface area (Å²) < 4.78 is 26.8. The van der Waals surface area contributed by atoms with Gasteiger partial charge in [0.2, 0.25) is 0 Å². The Kier molecular flexibility index (Phi) is 6.68. The molecule has 0 aliphatic rings. The fourth-order valence-electron chi connectivity index (χ4n) is 2.26. The normalized spacial score (nSPS) is 11.3. The standard InChI is InChI=1S/C18H23F2N5/c1-21-18(22-10-9-13-11-14(19)7-8-16(13)20)23-12-15-5-4-6-17(24-15)25(2)3/h4-8,11H,9-10,12H2,1-3H3,(H2,21,22,23). The smallest absolute Gasteiger partial charge is 0.191 e. The van der Waals surface area contributed by atoms with Crippen LogP contribution in [0.3, 0.4) is 0 Å². The number of hydrogen-bond donors (Lipinski definition) is 2. The number of halogens is 2. The molecule has 2 N–H and O–H groups in total. The summed E-state index contributed by atoms with van der Waals surface area (Å²) in [5.74, 6) is 0.610. The highest BCUT2D eigenvalue weighted by atomic mass is 19.1. The van der Waals surface area contributed by atoms with E-state index in [9.17, 15) is 8.78 Å². The summed E-state index contributed by atoms with van der Waals surface area (Å²) in [6.07, 6.45) is 0.360. The quantitative estimate of drug-likeness (QED) is 0.622. The minimum atomic E-state index is -0.439. The van der Waals surface area contributed by atoms with Crippen molar-refractivity contribution >= 4 is 11.8 Å². The first kappa shape index (κ1) is 18.6. The number of anilines is 1. The average molecular weight is 347 g/mol. The van der Waals surface area contributed by atoms with E-state index in [0.717, 1.165) is 23.6 Å². The first-order valence-corrected chi connectivity index (χ1v) is 8.01. The lowest BCUT2D eigenvalue weighted by atomic mass is 10.1. The van der Waals surface area contributed by atoms with E-state index < -0.39 is 11.6 Å². The molecule has 134 valence electrons. The van der Waals surface area contributed by atoms with Crippen LogP contribution in [0.2, 0.25) is 0 Å². The summed E-state index contributed by atoms with van der Waals surface area (Å²) in [5.41, 5.74) is 1.22. The molecule has 2 rings (SSSR count). The average Bonchev–Trinajstić information content (AvgIpc) is 2.61. The minimum absolute atomic E-state index is 0.336. The van der Waals surface area contributed by atoms with Crippen LogP contribution in [0, 0.1) is 11.6 Å². The lowest BCUT2D eigenvalue weighted by Crippen LogP contribution is -2.38. The second kappa shape index (κ2) is 8.96. The van der Waals surface area contributed by atoms with Gasteiger partial charge >= 0.3 is 0 Å². The van der Waals surface area contributed by atoms with Crippen LogP contribution in [0.4, 0.5) is 14.6 Å². The van der Waals surface area contributed by atoms with Gasteiger partial charge in [0.05, 0.1) is 12.2 Å². The van der Waals surface area contributed by atoms with Crippen LogP contribution in [0.15, 0.2) is 41.4 Å². The Labute approximate surface area is 146 Å². The fourth-order valence-corrected chi connectivity index (χ4v) is 2.26. The maximum Gasteiger partial charge on any atom is 0.191 e. The van der Waals surface area contributed by atoms with Crippen LogP contribution >= 0.6 is 0 Å². The molecule has 0 saturated carbocycles. The van der Waals surface area contributed by atoms with Gasteiger partial charge in [-0.15, -0.1) is 0 Å². The molecule has 0 radical (unpaired) electrons. The number of rotatable bonds is 6. The Balaban J connectivity index is 1.85. The van der Waals surface area contributed by atoms with Crippen LogP contribution in [0.1, 0.15) is 11.3 Å². The second-order valence-electron chi connectivity index (χ2n) is 5.72. The second-order valence-corrected chi connectivity index (χ2v) is 5.72. The van der Waals surface area contributed by atoms with Crippen LogP contribution < -0.4 is 15.5 Å². The molecule has 0 bridgehead atoms. The van der Waals surface area contributed by atoms with Gasteiger partial charge in [-0.2, -0.15) is 0 Å². The number of pyridine rings is 1. The van der Waals surface area contributed by atoms with E-state index in [4.69, 9.17) is 0 Å². The van der Waals surface area contributed by atoms with Crippen molar-refractivity contribution in [2.75, 3.05) is 32.6 Å². The molecule has 1 aromatic heterocycles. The molecular weight excluding hydrogens is 324 g/mol. The third kappa shape index (κ3) is 5.70. The van der Waals surface area contributed by atoms with Gasteiger partial charge in [-0.25, -0.2) is 13.8 Å². The number of aliphatic imine (C=N–C) groups is 1. The van der Waals surface area contributed by atoms with Crippen molar-refractivity contribution in [2.45, 2.75) is 13.0 Å². The van der Waals surface area contributed by atoms with Crippen molar-refractivity contribution in [3.63, 3.8) is 0 Å². The first-order valence-electron chi connectivity index (χ1n) is 8.01. The molecule has 7 heteroatoms. The van der Waals surface area contributed by atoms with Gasteiger partial charge in [0.15, 0.2) is 5.96 Å². The number of guanidine groups is 1. The lowest BCUT2D eigenvalue weighted by molar-refractivity contribution is 0.583. The monoisotopic (exact) mass is 347 g/mol. The maximum atomic E-state index is 13.6. The Morgan fingerprint density at radius 1 is 1.16 bits per heavy atom. The zero-order valence-corrected chi connectivity index (χ0v) is 14.7. The van der Waals surface area contributed by atoms with Crippen LogP contribution in [-0.4, -0.2) is 38.6 Å². The zero-order chi connectivity index (χ0) is 18.2. The van der Waals surface area contributed by atoms with Gasteiger partial charge < -0.3 is 15.5 Å². The molecule has 0 amide bonds. The van der Waals surface area contributed by atoms with E-state index in [0.29, 0.717) is 31.0 Å². The molecule has 1 aromatic carbocycles. The summed E-state index contributed by atoms with van der Waals surface area (Å²) in [7, 11) is 5.53. The zero-order valence-electron chi connectivity index (χ0n) is 14.7. The summed E-state index contributed by atoms with van der Waals surface area (Å²) in [4.78, 5) is 10.6. The van der Waals surface area contributed by atoms with Crippen LogP contribution in [0.25, 0.3) is 0 Å². The Morgan fingerprint density at radius 2 is 1.96 bits per heavy atom. The van der Waals surface area contributed by atoms with Crippen molar-refractivity contribution in [2.24, 2.45) is 4.99 Å². The van der Waals surface area contributed by atoms with Gasteiger partial charge in [-0.3, -0.25) is 4.99 Å². The van der Waals surface area contributed by atoms with Crippen molar-refractivity contribution in [1.29, 1.82) is 0 Å². The van der Waals surface area contributed by atoms with Crippen molar-refractivity contribution < 1.29 is 8.78 Å². The molecule has 0 atom stereocenters. The number of nitrogens with one attached hydrogen (secondary N) is 2. The molecule has 0 unspecified atom stereocenters. The summed E-state index contributed by atoms with van der Waals surface area (Å²) in [5, 5.41) is 6.24. The summed E-state index contributed by atoms with van der Waals surface area (Å²) >= 11 is 0. The van der Waals surface area contributed by atoms with Crippen LogP contribution in [0.5, 0.6) is 0 Å². The number of hydrogen-bond acceptors (Lipinski definition) is 3. The number of benzene rings is 1. The predicted octanol–water partition coefficient (Wildman–Crippen LogP) is 2.33. The third-order valence-corrected chi connectivity index (χ3v) is 3.61. The lowest BCUT2D eigenvalue weighted by Gasteiger charge is -2.14. The van der Waals surface area contributed by atoms with E-state index in [1.807, 2.05) is 37.2 Å². The Hall–Kier alpha value is -2.70. The van der Waals surface area contributed by atoms with Gasteiger partial charge in [0.1, 0.15) is 17.5 Å². The topological polar surface area (TPSA) is 52.6 Å². The highest BCUT2D eigenvalue weighted by molar-refractivity contribution is 5.79. The molecule has 2 aromatic rings. The fraction of sp³-hybridized carbons (Fsp3) is 0.333. The predicted molar refractivity (Wildman–Crippen MR) is 96.8 cm³/mol. The molecular formula is C18H23F2N5. The SMILES string of the molecule is CN=C(NCCc1cc(F)ccc1F)NCc1cccc(N(C)C)n1. The molecule has 1 heterocycles. The molecule has 0 aliphatic heterocycles. The first-order chi connectivity index (χ1) is 12.0. The van der Waals surface area contributed by atoms with E-state index in [2.05, 4.69) is 20.6 Å². The Bertz CT molecular complexity index is 731. The maximum absolute atomic E-state index is 13.6. The molecule has 0 spiro atoms. The van der Waals surface area contributed by atoms with Gasteiger partial charge in [-0.05, 0) is 42.3 Å². The molecule has 5 nitrogen and oxygen atoms in total. The minimum Gasteiger partial charge on any atom is -0.363 e. The molecule has 0 fully saturated rings. The van der Waals surface area contributed by atoms with E-state index >= 15 is 0 Å². The van der Waals surface area contributed by atoms with E-state index in [-0.39, 0.29) is 0 Å². The number of nitrogens with zero attached hydrogens (tertiary/aromatic N) is 3. The van der Waals surface area contributed by atoms with Gasteiger partial charge in [-0.1, -0.05) is 6.07 Å². The van der Waals surface area contributed by atoms with Crippen molar-refractivity contribution in [3.8, 4) is 0 Å².